The van der Waals surface area contributed by atoms with Gasteiger partial charge in [0.15, 0.2) is 0 Å². The maximum atomic E-state index is 11.5. The van der Waals surface area contributed by atoms with Crippen molar-refractivity contribution in [3.63, 3.8) is 0 Å². The number of amides is 1. The number of carboxylic acids is 1. The Morgan fingerprint density at radius 2 is 2.11 bits per heavy atom. The lowest BCUT2D eigenvalue weighted by molar-refractivity contribution is -0.141. The summed E-state index contributed by atoms with van der Waals surface area (Å²) >= 11 is 13.0. The lowest BCUT2D eigenvalue weighted by Crippen LogP contribution is -2.32. The van der Waals surface area contributed by atoms with Crippen LogP contribution in [0.5, 0.6) is 0 Å². The van der Waals surface area contributed by atoms with E-state index in [1.807, 2.05) is 0 Å². The number of nitrogens with one attached hydrogen (secondary N) is 1. The van der Waals surface area contributed by atoms with Gasteiger partial charge in [0.2, 0.25) is 5.91 Å². The maximum Gasteiger partial charge on any atom is 0.308 e. The number of carbonyl (C=O) groups excluding carboxylic acids is 1. The normalized spacial score (nSPS) is 11.9. The molecular weight excluding hydrogens is 309 g/mol. The van der Waals surface area contributed by atoms with Gasteiger partial charge < -0.3 is 10.4 Å². The first-order valence-corrected chi connectivity index (χ1v) is 7.21. The zero-order valence-electron chi connectivity index (χ0n) is 10.2. The molecule has 4 nitrogen and oxygen atoms in total. The van der Waals surface area contributed by atoms with Crippen molar-refractivity contribution in [3.05, 3.63) is 28.2 Å². The maximum absolute atomic E-state index is 11.5. The molecule has 1 aromatic carbocycles. The van der Waals surface area contributed by atoms with Crippen molar-refractivity contribution in [2.24, 2.45) is 5.92 Å². The van der Waals surface area contributed by atoms with Crippen LogP contribution in [-0.4, -0.2) is 29.3 Å². The van der Waals surface area contributed by atoms with E-state index in [0.717, 1.165) is 4.90 Å². The van der Waals surface area contributed by atoms with Crippen molar-refractivity contribution in [3.8, 4) is 0 Å². The quantitative estimate of drug-likeness (QED) is 0.790. The van der Waals surface area contributed by atoms with E-state index in [0.29, 0.717) is 10.0 Å². The van der Waals surface area contributed by atoms with Crippen LogP contribution in [0.1, 0.15) is 6.92 Å². The third kappa shape index (κ3) is 5.72. The average Bonchev–Trinajstić information content (AvgIpc) is 2.36. The summed E-state index contributed by atoms with van der Waals surface area (Å²) in [5.74, 6) is -1.63. The standard InChI is InChI=1S/C12H13Cl2NO3S/c1-7(12(17)18)5-15-11(16)6-19-10-4-8(13)2-3-9(10)14/h2-4,7H,5-6H2,1H3,(H,15,16)(H,17,18). The van der Waals surface area contributed by atoms with Crippen LogP contribution in [0.25, 0.3) is 0 Å². The molecule has 0 bridgehead atoms. The molecule has 104 valence electrons. The minimum atomic E-state index is -0.939. The average molecular weight is 322 g/mol. The SMILES string of the molecule is CC(CNC(=O)CSc1cc(Cl)ccc1Cl)C(=O)O. The predicted molar refractivity (Wildman–Crippen MR) is 77.0 cm³/mol. The number of rotatable bonds is 6. The highest BCUT2D eigenvalue weighted by Crippen LogP contribution is 2.29. The minimum absolute atomic E-state index is 0.109. The van der Waals surface area contributed by atoms with Crippen molar-refractivity contribution in [1.29, 1.82) is 0 Å². The van der Waals surface area contributed by atoms with E-state index in [9.17, 15) is 9.59 Å². The first-order chi connectivity index (χ1) is 8.90. The molecule has 0 heterocycles. The van der Waals surface area contributed by atoms with Crippen LogP contribution in [0.3, 0.4) is 0 Å². The summed E-state index contributed by atoms with van der Waals surface area (Å²) in [4.78, 5) is 22.8. The second kappa shape index (κ2) is 7.62. The van der Waals surface area contributed by atoms with E-state index >= 15 is 0 Å². The molecule has 0 aromatic heterocycles. The van der Waals surface area contributed by atoms with Crippen molar-refractivity contribution >= 4 is 46.8 Å². The fourth-order valence-corrected chi connectivity index (χ4v) is 2.46. The monoisotopic (exact) mass is 321 g/mol. The predicted octanol–water partition coefficient (Wildman–Crippen LogP) is 2.92. The van der Waals surface area contributed by atoms with Crippen molar-refractivity contribution in [1.82, 2.24) is 5.32 Å². The van der Waals surface area contributed by atoms with Gasteiger partial charge in [0.25, 0.3) is 0 Å². The molecule has 0 saturated carbocycles. The van der Waals surface area contributed by atoms with Gasteiger partial charge in [-0.15, -0.1) is 11.8 Å². The number of hydrogen-bond acceptors (Lipinski definition) is 3. The van der Waals surface area contributed by atoms with Gasteiger partial charge in [0, 0.05) is 16.5 Å². The van der Waals surface area contributed by atoms with Crippen molar-refractivity contribution < 1.29 is 14.7 Å². The number of hydrogen-bond donors (Lipinski definition) is 2. The molecule has 0 aliphatic carbocycles. The number of aliphatic carboxylic acids is 1. The number of carbonyl (C=O) groups is 2. The smallest absolute Gasteiger partial charge is 0.308 e. The summed E-state index contributed by atoms with van der Waals surface area (Å²) < 4.78 is 0. The van der Waals surface area contributed by atoms with E-state index in [4.69, 9.17) is 28.3 Å². The van der Waals surface area contributed by atoms with Gasteiger partial charge >= 0.3 is 5.97 Å². The molecule has 7 heteroatoms. The fraction of sp³-hybridized carbons (Fsp3) is 0.333. The fourth-order valence-electron chi connectivity index (χ4n) is 1.14. The third-order valence-corrected chi connectivity index (χ3v) is 4.01. The van der Waals surface area contributed by atoms with Gasteiger partial charge in [-0.3, -0.25) is 9.59 Å². The molecule has 0 aliphatic rings. The molecule has 1 aromatic rings. The Hall–Kier alpha value is -0.910. The summed E-state index contributed by atoms with van der Waals surface area (Å²) in [5.41, 5.74) is 0. The van der Waals surface area contributed by atoms with Gasteiger partial charge in [-0.05, 0) is 18.2 Å². The van der Waals surface area contributed by atoms with Crippen LogP contribution < -0.4 is 5.32 Å². The number of halogens is 2. The second-order valence-electron chi connectivity index (χ2n) is 3.91. The number of carboxylic acid groups (broad SMARTS) is 1. The minimum Gasteiger partial charge on any atom is -0.481 e. The van der Waals surface area contributed by atoms with Gasteiger partial charge in [-0.25, -0.2) is 0 Å². The molecule has 19 heavy (non-hydrogen) atoms. The molecule has 0 aliphatic heterocycles. The van der Waals surface area contributed by atoms with E-state index in [1.165, 1.54) is 18.7 Å². The highest BCUT2D eigenvalue weighted by Gasteiger charge is 2.12. The van der Waals surface area contributed by atoms with Crippen LogP contribution in [0.4, 0.5) is 0 Å². The van der Waals surface area contributed by atoms with Crippen molar-refractivity contribution in [2.45, 2.75) is 11.8 Å². The molecule has 0 fully saturated rings. The topological polar surface area (TPSA) is 66.4 Å². The van der Waals surface area contributed by atoms with Gasteiger partial charge in [-0.2, -0.15) is 0 Å². The Bertz CT molecular complexity index is 482. The third-order valence-electron chi connectivity index (χ3n) is 2.28. The molecule has 0 saturated heterocycles. The molecule has 1 rings (SSSR count). The summed E-state index contributed by atoms with van der Waals surface area (Å²) in [6.45, 7) is 1.64. The van der Waals surface area contributed by atoms with Gasteiger partial charge in [-0.1, -0.05) is 30.1 Å². The van der Waals surface area contributed by atoms with Crippen molar-refractivity contribution in [2.75, 3.05) is 12.3 Å². The molecule has 0 spiro atoms. The molecular formula is C12H13Cl2NO3S. The highest BCUT2D eigenvalue weighted by atomic mass is 35.5. The van der Waals surface area contributed by atoms with E-state index in [1.54, 1.807) is 18.2 Å². The Labute approximate surface area is 125 Å². The Morgan fingerprint density at radius 3 is 2.74 bits per heavy atom. The molecule has 2 N–H and O–H groups in total. The summed E-state index contributed by atoms with van der Waals surface area (Å²) in [7, 11) is 0. The summed E-state index contributed by atoms with van der Waals surface area (Å²) in [6.07, 6.45) is 0. The van der Waals surface area contributed by atoms with E-state index in [-0.39, 0.29) is 18.2 Å². The first kappa shape index (κ1) is 16.1. The Balaban J connectivity index is 2.42. The first-order valence-electron chi connectivity index (χ1n) is 5.47. The Morgan fingerprint density at radius 1 is 1.42 bits per heavy atom. The lowest BCUT2D eigenvalue weighted by atomic mass is 10.2. The van der Waals surface area contributed by atoms with Crippen LogP contribution in [-0.2, 0) is 9.59 Å². The molecule has 1 unspecified atom stereocenters. The zero-order valence-corrected chi connectivity index (χ0v) is 12.5. The molecule has 0 radical (unpaired) electrons. The van der Waals surface area contributed by atoms with Crippen LogP contribution >= 0.6 is 35.0 Å². The molecule has 1 atom stereocenters. The summed E-state index contributed by atoms with van der Waals surface area (Å²) in [5, 5.41) is 12.3. The van der Waals surface area contributed by atoms with Crippen LogP contribution in [0.2, 0.25) is 10.0 Å². The van der Waals surface area contributed by atoms with Gasteiger partial charge in [0.1, 0.15) is 0 Å². The van der Waals surface area contributed by atoms with Crippen LogP contribution in [0.15, 0.2) is 23.1 Å². The number of benzene rings is 1. The van der Waals surface area contributed by atoms with Gasteiger partial charge in [0.05, 0.1) is 16.7 Å². The second-order valence-corrected chi connectivity index (χ2v) is 5.77. The van der Waals surface area contributed by atoms with E-state index in [2.05, 4.69) is 5.32 Å². The largest absolute Gasteiger partial charge is 0.481 e. The Kier molecular flexibility index (Phi) is 6.48. The number of thioether (sulfide) groups is 1. The molecule has 1 amide bonds. The highest BCUT2D eigenvalue weighted by molar-refractivity contribution is 8.00. The zero-order chi connectivity index (χ0) is 14.4. The van der Waals surface area contributed by atoms with E-state index < -0.39 is 11.9 Å². The lowest BCUT2D eigenvalue weighted by Gasteiger charge is -2.08. The van der Waals surface area contributed by atoms with Crippen LogP contribution in [0, 0.1) is 5.92 Å². The summed E-state index contributed by atoms with van der Waals surface area (Å²) in [6, 6.07) is 5.01.